The molecule has 114 valence electrons. The Morgan fingerprint density at radius 1 is 1.48 bits per heavy atom. The minimum Gasteiger partial charge on any atom is -0.377 e. The van der Waals surface area contributed by atoms with E-state index < -0.39 is 0 Å². The Labute approximate surface area is 128 Å². The fourth-order valence-corrected chi connectivity index (χ4v) is 3.47. The van der Waals surface area contributed by atoms with E-state index in [1.165, 1.54) is 12.8 Å². The van der Waals surface area contributed by atoms with Gasteiger partial charge in [-0.25, -0.2) is 15.8 Å². The van der Waals surface area contributed by atoms with Gasteiger partial charge >= 0.3 is 0 Å². The van der Waals surface area contributed by atoms with E-state index in [0.29, 0.717) is 18.5 Å². The van der Waals surface area contributed by atoms with Crippen molar-refractivity contribution in [2.45, 2.75) is 31.9 Å². The van der Waals surface area contributed by atoms with Crippen LogP contribution in [0.4, 0.5) is 5.82 Å². The van der Waals surface area contributed by atoms with Crippen LogP contribution in [0.1, 0.15) is 25.1 Å². The summed E-state index contributed by atoms with van der Waals surface area (Å²) in [5.41, 5.74) is 2.66. The van der Waals surface area contributed by atoms with Gasteiger partial charge in [0.05, 0.1) is 18.0 Å². The molecule has 3 heterocycles. The van der Waals surface area contributed by atoms with Crippen molar-refractivity contribution < 1.29 is 4.74 Å². The van der Waals surface area contributed by atoms with E-state index in [-0.39, 0.29) is 0 Å². The third-order valence-corrected chi connectivity index (χ3v) is 4.52. The second-order valence-corrected chi connectivity index (χ2v) is 6.35. The summed E-state index contributed by atoms with van der Waals surface area (Å²) in [5.74, 6) is 7.04. The highest BCUT2D eigenvalue weighted by Gasteiger charge is 2.17. The fourth-order valence-electron chi connectivity index (χ4n) is 2.69. The first-order valence-electron chi connectivity index (χ1n) is 7.27. The Balaban J connectivity index is 1.68. The number of nitrogens with two attached hydrogens (primary N) is 1. The second kappa shape index (κ2) is 6.65. The highest BCUT2D eigenvalue weighted by Crippen LogP contribution is 2.24. The van der Waals surface area contributed by atoms with Crippen LogP contribution in [0, 0.1) is 0 Å². The van der Waals surface area contributed by atoms with Crippen LogP contribution in [-0.2, 0) is 11.3 Å². The monoisotopic (exact) mass is 307 g/mol. The minimum atomic E-state index is 0.335. The van der Waals surface area contributed by atoms with Crippen molar-refractivity contribution in [3.05, 3.63) is 17.3 Å². The van der Waals surface area contributed by atoms with Crippen LogP contribution < -0.4 is 11.3 Å². The average Bonchev–Trinajstić information content (AvgIpc) is 2.95. The first-order chi connectivity index (χ1) is 10.3. The summed E-state index contributed by atoms with van der Waals surface area (Å²) in [6.07, 6.45) is 3.92. The smallest absolute Gasteiger partial charge is 0.152 e. The molecule has 0 amide bonds. The van der Waals surface area contributed by atoms with Gasteiger partial charge in [0.15, 0.2) is 5.82 Å². The SMILES string of the molecule is CN(Cc1nc(NN)c2ccsc2n1)CC1CCCCO1. The van der Waals surface area contributed by atoms with Gasteiger partial charge in [0.25, 0.3) is 0 Å². The van der Waals surface area contributed by atoms with Crippen LogP contribution in [0.3, 0.4) is 0 Å². The van der Waals surface area contributed by atoms with Gasteiger partial charge in [0.2, 0.25) is 0 Å². The topological polar surface area (TPSA) is 76.3 Å². The normalized spacial score (nSPS) is 19.3. The summed E-state index contributed by atoms with van der Waals surface area (Å²) in [6, 6.07) is 1.98. The third-order valence-electron chi connectivity index (χ3n) is 3.71. The van der Waals surface area contributed by atoms with Crippen LogP contribution in [0.15, 0.2) is 11.4 Å². The number of likely N-dealkylation sites (N-methyl/N-ethyl adjacent to an activating group) is 1. The van der Waals surface area contributed by atoms with Gasteiger partial charge in [-0.3, -0.25) is 4.90 Å². The fraction of sp³-hybridized carbons (Fsp3) is 0.571. The first-order valence-corrected chi connectivity index (χ1v) is 8.15. The van der Waals surface area contributed by atoms with Crippen molar-refractivity contribution in [2.75, 3.05) is 25.6 Å². The standard InChI is InChI=1S/C14H21N5OS/c1-19(8-10-4-2-3-6-20-10)9-12-16-13(18-15)11-5-7-21-14(11)17-12/h5,7,10H,2-4,6,8-9,15H2,1H3,(H,16,17,18). The van der Waals surface area contributed by atoms with Gasteiger partial charge in [-0.15, -0.1) is 11.3 Å². The molecule has 1 unspecified atom stereocenters. The van der Waals surface area contributed by atoms with Crippen molar-refractivity contribution in [1.82, 2.24) is 14.9 Å². The molecular formula is C14H21N5OS. The number of hydrogen-bond donors (Lipinski definition) is 2. The maximum absolute atomic E-state index is 5.78. The molecule has 0 spiro atoms. The Morgan fingerprint density at radius 3 is 3.14 bits per heavy atom. The lowest BCUT2D eigenvalue weighted by Gasteiger charge is -2.27. The predicted octanol–water partition coefficient (Wildman–Crippen LogP) is 1.98. The summed E-state index contributed by atoms with van der Waals surface area (Å²) in [7, 11) is 2.08. The summed E-state index contributed by atoms with van der Waals surface area (Å²) in [6.45, 7) is 2.50. The second-order valence-electron chi connectivity index (χ2n) is 5.46. The minimum absolute atomic E-state index is 0.335. The third kappa shape index (κ3) is 3.49. The average molecular weight is 307 g/mol. The maximum atomic E-state index is 5.78. The lowest BCUT2D eigenvalue weighted by atomic mass is 10.1. The van der Waals surface area contributed by atoms with Crippen LogP contribution in [-0.4, -0.2) is 41.2 Å². The van der Waals surface area contributed by atoms with E-state index in [1.807, 2.05) is 11.4 Å². The molecule has 0 aliphatic carbocycles. The van der Waals surface area contributed by atoms with Gasteiger partial charge in [-0.2, -0.15) is 0 Å². The number of fused-ring (bicyclic) bond motifs is 1. The number of nitrogen functional groups attached to an aromatic ring is 1. The molecule has 1 aliphatic rings. The lowest BCUT2D eigenvalue weighted by Crippen LogP contribution is -2.33. The zero-order chi connectivity index (χ0) is 14.7. The molecule has 1 atom stereocenters. The molecule has 21 heavy (non-hydrogen) atoms. The molecule has 3 N–H and O–H groups in total. The molecule has 0 aromatic carbocycles. The number of nitrogens with one attached hydrogen (secondary N) is 1. The molecule has 2 aromatic rings. The number of aromatic nitrogens is 2. The van der Waals surface area contributed by atoms with Crippen molar-refractivity contribution >= 4 is 27.4 Å². The Morgan fingerprint density at radius 2 is 2.38 bits per heavy atom. The van der Waals surface area contributed by atoms with Gasteiger partial charge in [-0.05, 0) is 37.8 Å². The first kappa shape index (κ1) is 14.6. The van der Waals surface area contributed by atoms with Crippen molar-refractivity contribution in [3.63, 3.8) is 0 Å². The van der Waals surface area contributed by atoms with Crippen molar-refractivity contribution in [2.24, 2.45) is 5.84 Å². The Kier molecular flexibility index (Phi) is 4.64. The molecule has 3 rings (SSSR count). The number of ether oxygens (including phenoxy) is 1. The van der Waals surface area contributed by atoms with Gasteiger partial charge in [0, 0.05) is 13.2 Å². The van der Waals surface area contributed by atoms with Gasteiger partial charge in [0.1, 0.15) is 10.7 Å². The quantitative estimate of drug-likeness (QED) is 0.650. The number of thiophene rings is 1. The van der Waals surface area contributed by atoms with E-state index in [9.17, 15) is 0 Å². The van der Waals surface area contributed by atoms with E-state index >= 15 is 0 Å². The number of anilines is 1. The van der Waals surface area contributed by atoms with Crippen LogP contribution in [0.2, 0.25) is 0 Å². The van der Waals surface area contributed by atoms with E-state index in [1.54, 1.807) is 11.3 Å². The summed E-state index contributed by atoms with van der Waals surface area (Å²) < 4.78 is 5.78. The number of rotatable bonds is 5. The zero-order valence-corrected chi connectivity index (χ0v) is 13.0. The molecule has 0 bridgehead atoms. The van der Waals surface area contributed by atoms with Crippen LogP contribution in [0.5, 0.6) is 0 Å². The van der Waals surface area contributed by atoms with Crippen LogP contribution >= 0.6 is 11.3 Å². The summed E-state index contributed by atoms with van der Waals surface area (Å²) >= 11 is 1.60. The molecule has 1 fully saturated rings. The lowest BCUT2D eigenvalue weighted by molar-refractivity contribution is -0.00289. The van der Waals surface area contributed by atoms with Gasteiger partial charge < -0.3 is 10.2 Å². The number of hydrazine groups is 1. The molecule has 2 aromatic heterocycles. The van der Waals surface area contributed by atoms with Gasteiger partial charge in [-0.1, -0.05) is 0 Å². The molecule has 1 aliphatic heterocycles. The Bertz CT molecular complexity index is 596. The van der Waals surface area contributed by atoms with E-state index in [0.717, 1.165) is 35.6 Å². The predicted molar refractivity (Wildman–Crippen MR) is 85.2 cm³/mol. The van der Waals surface area contributed by atoms with Crippen molar-refractivity contribution in [1.29, 1.82) is 0 Å². The molecule has 0 saturated carbocycles. The van der Waals surface area contributed by atoms with Crippen LogP contribution in [0.25, 0.3) is 10.2 Å². The van der Waals surface area contributed by atoms with E-state index in [4.69, 9.17) is 10.6 Å². The largest absolute Gasteiger partial charge is 0.377 e. The van der Waals surface area contributed by atoms with Crippen molar-refractivity contribution in [3.8, 4) is 0 Å². The Hall–Kier alpha value is -1.28. The highest BCUT2D eigenvalue weighted by atomic mass is 32.1. The molecular weight excluding hydrogens is 286 g/mol. The molecule has 6 nitrogen and oxygen atoms in total. The molecule has 0 radical (unpaired) electrons. The van der Waals surface area contributed by atoms with E-state index in [2.05, 4.69) is 27.3 Å². The number of hydrogen-bond acceptors (Lipinski definition) is 7. The molecule has 1 saturated heterocycles. The summed E-state index contributed by atoms with van der Waals surface area (Å²) in [4.78, 5) is 12.3. The zero-order valence-electron chi connectivity index (χ0n) is 12.2. The maximum Gasteiger partial charge on any atom is 0.152 e. The summed E-state index contributed by atoms with van der Waals surface area (Å²) in [5, 5.41) is 2.98. The molecule has 7 heteroatoms. The highest BCUT2D eigenvalue weighted by molar-refractivity contribution is 7.16. The number of nitrogens with zero attached hydrogens (tertiary/aromatic N) is 3.